The van der Waals surface area contributed by atoms with Crippen LogP contribution in [0, 0.1) is 5.92 Å². The number of rotatable bonds is 3. The summed E-state index contributed by atoms with van der Waals surface area (Å²) in [4.78, 5) is 39.1. The first-order chi connectivity index (χ1) is 11.8. The number of aromatic amines is 2. The van der Waals surface area contributed by atoms with Crippen LogP contribution in [0.25, 0.3) is 11.2 Å². The van der Waals surface area contributed by atoms with Crippen LogP contribution in [0.1, 0.15) is 33.6 Å². The van der Waals surface area contributed by atoms with Crippen molar-refractivity contribution >= 4 is 23.1 Å². The summed E-state index contributed by atoms with van der Waals surface area (Å²) in [6, 6.07) is 0. The summed E-state index contributed by atoms with van der Waals surface area (Å²) in [6.07, 6.45) is 2.93. The van der Waals surface area contributed by atoms with E-state index in [1.54, 1.807) is 0 Å². The van der Waals surface area contributed by atoms with Gasteiger partial charge >= 0.3 is 11.8 Å². The van der Waals surface area contributed by atoms with Crippen LogP contribution < -0.4 is 15.9 Å². The standard InChI is InChI=1S/C16H24N6O3/c1-16(2,3)25-15(24)17-8-10-4-6-22(7-5-10)13-11-12(18-9-19-13)21-14(23)20-11/h9-10H,4-8H2,1-3H3,(H,17,24)(H2,18,19,20,21,23). The maximum Gasteiger partial charge on any atom is 0.407 e. The van der Waals surface area contributed by atoms with Gasteiger partial charge in [-0.15, -0.1) is 0 Å². The highest BCUT2D eigenvalue weighted by Gasteiger charge is 2.24. The second kappa shape index (κ2) is 6.73. The zero-order valence-electron chi connectivity index (χ0n) is 14.8. The number of alkyl carbamates (subject to hydrolysis) is 1. The number of H-pyrrole nitrogens is 2. The Bertz CT molecular complexity index is 798. The minimum atomic E-state index is -0.487. The Hall–Kier alpha value is -2.58. The number of hydrogen-bond donors (Lipinski definition) is 3. The summed E-state index contributed by atoms with van der Waals surface area (Å²) in [5.41, 5.74) is 0.383. The fourth-order valence-electron chi connectivity index (χ4n) is 2.97. The van der Waals surface area contributed by atoms with Gasteiger partial charge in [0.05, 0.1) is 0 Å². The number of anilines is 1. The van der Waals surface area contributed by atoms with Crippen molar-refractivity contribution in [3.05, 3.63) is 16.8 Å². The number of ether oxygens (including phenoxy) is 1. The molecule has 9 nitrogen and oxygen atoms in total. The summed E-state index contributed by atoms with van der Waals surface area (Å²) >= 11 is 0. The Morgan fingerprint density at radius 3 is 2.72 bits per heavy atom. The summed E-state index contributed by atoms with van der Waals surface area (Å²) in [5, 5.41) is 2.84. The minimum absolute atomic E-state index is 0.284. The predicted molar refractivity (Wildman–Crippen MR) is 93.7 cm³/mol. The summed E-state index contributed by atoms with van der Waals surface area (Å²) in [5.74, 6) is 1.13. The molecular weight excluding hydrogens is 324 g/mol. The number of fused-ring (bicyclic) bond motifs is 1. The molecule has 9 heteroatoms. The van der Waals surface area contributed by atoms with Gasteiger partial charge in [-0.3, -0.25) is 4.98 Å². The fourth-order valence-corrected chi connectivity index (χ4v) is 2.97. The van der Waals surface area contributed by atoms with Crippen molar-refractivity contribution in [1.29, 1.82) is 0 Å². The minimum Gasteiger partial charge on any atom is -0.444 e. The maximum atomic E-state index is 11.7. The molecule has 0 saturated carbocycles. The second-order valence-corrected chi connectivity index (χ2v) is 7.31. The predicted octanol–water partition coefficient (Wildman–Crippen LogP) is 1.39. The van der Waals surface area contributed by atoms with Crippen molar-refractivity contribution in [2.45, 2.75) is 39.2 Å². The first-order valence-electron chi connectivity index (χ1n) is 8.46. The molecule has 1 saturated heterocycles. The summed E-state index contributed by atoms with van der Waals surface area (Å²) in [6.45, 7) is 7.75. The molecule has 0 bridgehead atoms. The Morgan fingerprint density at radius 1 is 1.32 bits per heavy atom. The van der Waals surface area contributed by atoms with Gasteiger partial charge < -0.3 is 19.9 Å². The third kappa shape index (κ3) is 4.28. The van der Waals surface area contributed by atoms with Gasteiger partial charge in [0.25, 0.3) is 0 Å². The largest absolute Gasteiger partial charge is 0.444 e. The third-order valence-electron chi connectivity index (χ3n) is 4.15. The monoisotopic (exact) mass is 348 g/mol. The van der Waals surface area contributed by atoms with E-state index in [0.29, 0.717) is 23.6 Å². The molecule has 1 aliphatic rings. The van der Waals surface area contributed by atoms with Gasteiger partial charge in [-0.05, 0) is 39.5 Å². The van der Waals surface area contributed by atoms with Gasteiger partial charge in [-0.25, -0.2) is 19.6 Å². The number of carbonyl (C=O) groups excluding carboxylic acids is 1. The van der Waals surface area contributed by atoms with Gasteiger partial charge in [0.15, 0.2) is 11.5 Å². The highest BCUT2D eigenvalue weighted by atomic mass is 16.6. The van der Waals surface area contributed by atoms with Gasteiger partial charge in [0.1, 0.15) is 17.4 Å². The molecule has 3 heterocycles. The molecule has 1 fully saturated rings. The molecular formula is C16H24N6O3. The molecule has 3 N–H and O–H groups in total. The number of piperidine rings is 1. The van der Waals surface area contributed by atoms with E-state index in [4.69, 9.17) is 4.74 Å². The quantitative estimate of drug-likeness (QED) is 0.772. The van der Waals surface area contributed by atoms with E-state index < -0.39 is 5.60 Å². The van der Waals surface area contributed by atoms with E-state index in [0.717, 1.165) is 31.7 Å². The van der Waals surface area contributed by atoms with E-state index >= 15 is 0 Å². The third-order valence-corrected chi connectivity index (χ3v) is 4.15. The molecule has 0 aliphatic carbocycles. The highest BCUT2D eigenvalue weighted by molar-refractivity contribution is 5.82. The van der Waals surface area contributed by atoms with Crippen LogP contribution in [0.2, 0.25) is 0 Å². The van der Waals surface area contributed by atoms with Crippen molar-refractivity contribution < 1.29 is 9.53 Å². The summed E-state index contributed by atoms with van der Waals surface area (Å²) in [7, 11) is 0. The molecule has 136 valence electrons. The van der Waals surface area contributed by atoms with Crippen LogP contribution in [-0.2, 0) is 4.74 Å². The van der Waals surface area contributed by atoms with E-state index in [-0.39, 0.29) is 11.8 Å². The number of nitrogens with one attached hydrogen (secondary N) is 3. The van der Waals surface area contributed by atoms with E-state index in [9.17, 15) is 9.59 Å². The normalized spacial score (nSPS) is 16.2. The molecule has 1 aliphatic heterocycles. The van der Waals surface area contributed by atoms with Crippen LogP contribution in [0.4, 0.5) is 10.6 Å². The fraction of sp³-hybridized carbons (Fsp3) is 0.625. The van der Waals surface area contributed by atoms with Crippen molar-refractivity contribution in [2.75, 3.05) is 24.5 Å². The van der Waals surface area contributed by atoms with Crippen molar-refractivity contribution in [1.82, 2.24) is 25.3 Å². The lowest BCUT2D eigenvalue weighted by atomic mass is 9.97. The smallest absolute Gasteiger partial charge is 0.407 e. The SMILES string of the molecule is CC(C)(C)OC(=O)NCC1CCN(c2ncnc3[nH]c(=O)[nH]c23)CC1. The Labute approximate surface area is 145 Å². The highest BCUT2D eigenvalue weighted by Crippen LogP contribution is 2.24. The average molecular weight is 348 g/mol. The second-order valence-electron chi connectivity index (χ2n) is 7.31. The Morgan fingerprint density at radius 2 is 2.04 bits per heavy atom. The lowest BCUT2D eigenvalue weighted by molar-refractivity contribution is 0.0517. The van der Waals surface area contributed by atoms with Crippen LogP contribution >= 0.6 is 0 Å². The zero-order valence-corrected chi connectivity index (χ0v) is 14.8. The maximum absolute atomic E-state index is 11.7. The number of amides is 1. The van der Waals surface area contributed by atoms with Gasteiger partial charge in [-0.1, -0.05) is 0 Å². The molecule has 0 unspecified atom stereocenters. The summed E-state index contributed by atoms with van der Waals surface area (Å²) < 4.78 is 5.26. The van der Waals surface area contributed by atoms with Gasteiger partial charge in [0, 0.05) is 19.6 Å². The van der Waals surface area contributed by atoms with Crippen LogP contribution in [0.5, 0.6) is 0 Å². The number of imidazole rings is 1. The number of hydrogen-bond acceptors (Lipinski definition) is 6. The number of nitrogens with zero attached hydrogens (tertiary/aromatic N) is 3. The Balaban J connectivity index is 1.55. The van der Waals surface area contributed by atoms with Crippen molar-refractivity contribution in [2.24, 2.45) is 5.92 Å². The number of aromatic nitrogens is 4. The van der Waals surface area contributed by atoms with Crippen LogP contribution in [-0.4, -0.2) is 51.3 Å². The molecule has 0 radical (unpaired) electrons. The van der Waals surface area contributed by atoms with E-state index in [1.807, 2.05) is 20.8 Å². The van der Waals surface area contributed by atoms with E-state index in [1.165, 1.54) is 6.33 Å². The topological polar surface area (TPSA) is 116 Å². The molecule has 0 spiro atoms. The Kier molecular flexibility index (Phi) is 4.65. The van der Waals surface area contributed by atoms with Gasteiger partial charge in [0.2, 0.25) is 0 Å². The molecule has 25 heavy (non-hydrogen) atoms. The molecule has 0 aromatic carbocycles. The molecule has 0 atom stereocenters. The lowest BCUT2D eigenvalue weighted by Crippen LogP contribution is -2.40. The van der Waals surface area contributed by atoms with Gasteiger partial charge in [-0.2, -0.15) is 0 Å². The molecule has 1 amide bonds. The van der Waals surface area contributed by atoms with E-state index in [2.05, 4.69) is 30.2 Å². The molecule has 2 aromatic heterocycles. The average Bonchev–Trinajstić information content (AvgIpc) is 2.92. The van der Waals surface area contributed by atoms with Crippen LogP contribution in [0.3, 0.4) is 0 Å². The molecule has 2 aromatic rings. The van der Waals surface area contributed by atoms with Crippen LogP contribution in [0.15, 0.2) is 11.1 Å². The lowest BCUT2D eigenvalue weighted by Gasteiger charge is -2.33. The first-order valence-corrected chi connectivity index (χ1v) is 8.46. The number of carbonyl (C=O) groups is 1. The molecule has 3 rings (SSSR count). The van der Waals surface area contributed by atoms with Crippen molar-refractivity contribution in [3.63, 3.8) is 0 Å². The first kappa shape index (κ1) is 17.2. The van der Waals surface area contributed by atoms with Crippen molar-refractivity contribution in [3.8, 4) is 0 Å². The zero-order chi connectivity index (χ0) is 18.0.